The summed E-state index contributed by atoms with van der Waals surface area (Å²) in [7, 11) is -6.00. The average molecular weight is 608 g/mol. The molecule has 0 atom stereocenters. The number of halogens is 5. The van der Waals surface area contributed by atoms with Gasteiger partial charge in [-0.25, -0.2) is 0 Å². The van der Waals surface area contributed by atoms with E-state index in [0.29, 0.717) is 0 Å². The minimum Gasteiger partial charge on any atom is -0.418 e. The van der Waals surface area contributed by atoms with E-state index in [1.54, 1.807) is 6.92 Å². The monoisotopic (exact) mass is 608 g/mol. The van der Waals surface area contributed by atoms with E-state index in [4.69, 9.17) is 0 Å². The smallest absolute Gasteiger partial charge is 0.418 e. The summed E-state index contributed by atoms with van der Waals surface area (Å²) in [6.07, 6.45) is 0. The SMILES string of the molecule is CC(=O)C([I+]c1ccccc1)=P(c1ccccc1)(c1ccccc1)c1ccccc1.F[B-](F)(F)F. The predicted molar refractivity (Wildman–Crippen MR) is 136 cm³/mol. The lowest BCUT2D eigenvalue weighted by Gasteiger charge is -2.27. The molecule has 4 rings (SSSR count). The number of Topliss-reactive ketones (excluding diaryl/α,β-unsaturated/α-hetero) is 1. The topological polar surface area (TPSA) is 17.1 Å². The van der Waals surface area contributed by atoms with Crippen LogP contribution in [0.5, 0.6) is 0 Å². The lowest BCUT2D eigenvalue weighted by atomic mass is 10.3. The summed E-state index contributed by atoms with van der Waals surface area (Å²) in [5, 5.41) is 3.72. The molecule has 0 N–H and O–H groups in total. The van der Waals surface area contributed by atoms with Crippen molar-refractivity contribution in [1.29, 1.82) is 0 Å². The summed E-state index contributed by atoms with van der Waals surface area (Å²) in [5.74, 6) is 0.205. The van der Waals surface area contributed by atoms with Crippen LogP contribution in [0, 0.1) is 3.57 Å². The lowest BCUT2D eigenvalue weighted by Crippen LogP contribution is -3.65. The van der Waals surface area contributed by atoms with Gasteiger partial charge in [-0.1, -0.05) is 109 Å². The average Bonchev–Trinajstić information content (AvgIpc) is 2.85. The molecule has 0 aliphatic heterocycles. The van der Waals surface area contributed by atoms with Gasteiger partial charge in [0.15, 0.2) is 3.57 Å². The highest BCUT2D eigenvalue weighted by Gasteiger charge is 2.40. The first-order valence-electron chi connectivity index (χ1n) is 10.7. The molecule has 0 heterocycles. The van der Waals surface area contributed by atoms with Crippen LogP contribution in [0.4, 0.5) is 17.3 Å². The quantitative estimate of drug-likeness (QED) is 0.143. The summed E-state index contributed by atoms with van der Waals surface area (Å²) in [5.41, 5.74) is 0. The number of hydrogen-bond donors (Lipinski definition) is 0. The molecule has 0 aromatic heterocycles. The Morgan fingerprint density at radius 1 is 0.600 bits per heavy atom. The Morgan fingerprint density at radius 3 is 1.17 bits per heavy atom. The fraction of sp³-hybridized carbons (Fsp3) is 0.0370. The summed E-state index contributed by atoms with van der Waals surface area (Å²) in [4.78, 5) is 13.3. The van der Waals surface area contributed by atoms with Crippen LogP contribution in [0.25, 0.3) is 0 Å². The Morgan fingerprint density at radius 2 is 0.886 bits per heavy atom. The van der Waals surface area contributed by atoms with Gasteiger partial charge in [-0.15, -0.1) is 0 Å². The van der Waals surface area contributed by atoms with Crippen molar-refractivity contribution < 1.29 is 43.3 Å². The van der Waals surface area contributed by atoms with Gasteiger partial charge in [-0.05, 0) is 28.0 Å². The van der Waals surface area contributed by atoms with Crippen molar-refractivity contribution in [2.45, 2.75) is 6.92 Å². The van der Waals surface area contributed by atoms with Crippen LogP contribution in [-0.2, 0) is 4.79 Å². The molecule has 0 unspecified atom stereocenters. The van der Waals surface area contributed by atoms with Gasteiger partial charge in [0.1, 0.15) is 0 Å². The summed E-state index contributed by atoms with van der Waals surface area (Å²) in [6.45, 7) is -0.517. The van der Waals surface area contributed by atoms with E-state index < -0.39 is 35.3 Å². The van der Waals surface area contributed by atoms with Gasteiger partial charge in [-0.2, -0.15) is 0 Å². The molecular weight excluding hydrogens is 585 g/mol. The van der Waals surface area contributed by atoms with Crippen LogP contribution < -0.4 is 37.1 Å². The maximum absolute atomic E-state index is 13.3. The molecule has 0 aliphatic rings. The predicted octanol–water partition coefficient (Wildman–Crippen LogP) is 2.96. The highest BCUT2D eigenvalue weighted by Crippen LogP contribution is 2.44. The normalized spacial score (nSPS) is 11.2. The van der Waals surface area contributed by atoms with E-state index in [0.717, 1.165) is 3.30 Å². The number of benzene rings is 4. The van der Waals surface area contributed by atoms with Crippen molar-refractivity contribution in [2.75, 3.05) is 0 Å². The highest BCUT2D eigenvalue weighted by atomic mass is 127. The molecule has 0 radical (unpaired) electrons. The van der Waals surface area contributed by atoms with E-state index in [1.165, 1.54) is 19.5 Å². The second-order valence-electron chi connectivity index (χ2n) is 7.41. The Labute approximate surface area is 213 Å². The number of carbonyl (C=O) groups excluding carboxylic acids is 1. The molecule has 1 nitrogen and oxygen atoms in total. The first-order chi connectivity index (χ1) is 16.7. The van der Waals surface area contributed by atoms with E-state index >= 15 is 0 Å². The minimum atomic E-state index is -6.00. The van der Waals surface area contributed by atoms with E-state index in [-0.39, 0.29) is 5.78 Å². The first-order valence-corrected chi connectivity index (χ1v) is 14.7. The first kappa shape index (κ1) is 27.0. The lowest BCUT2D eigenvalue weighted by molar-refractivity contribution is -0.501. The molecule has 8 heteroatoms. The van der Waals surface area contributed by atoms with Gasteiger partial charge in [0.2, 0.25) is 9.08 Å². The highest BCUT2D eigenvalue weighted by molar-refractivity contribution is 7.96. The van der Waals surface area contributed by atoms with Crippen molar-refractivity contribution in [2.24, 2.45) is 0 Å². The number of ketones is 1. The Kier molecular flexibility index (Phi) is 9.52. The summed E-state index contributed by atoms with van der Waals surface area (Å²) < 4.78 is 41.4. The third-order valence-electron chi connectivity index (χ3n) is 4.95. The third kappa shape index (κ3) is 7.18. The van der Waals surface area contributed by atoms with E-state index in [1.807, 2.05) is 24.3 Å². The zero-order valence-corrected chi connectivity index (χ0v) is 21.9. The molecule has 180 valence electrons. The van der Waals surface area contributed by atoms with Gasteiger partial charge in [0.25, 0.3) is 0 Å². The molecule has 0 aliphatic carbocycles. The van der Waals surface area contributed by atoms with Crippen molar-refractivity contribution in [1.82, 2.24) is 0 Å². The molecule has 35 heavy (non-hydrogen) atoms. The molecule has 4 aromatic carbocycles. The van der Waals surface area contributed by atoms with Gasteiger partial charge in [0, 0.05) is 13.8 Å². The fourth-order valence-electron chi connectivity index (χ4n) is 3.69. The zero-order chi connectivity index (χ0) is 25.3. The number of rotatable bonds is 6. The van der Waals surface area contributed by atoms with Crippen LogP contribution in [0.3, 0.4) is 0 Å². The Balaban J connectivity index is 0.000000623. The summed E-state index contributed by atoms with van der Waals surface area (Å²) >= 11 is -0.630. The van der Waals surface area contributed by atoms with Crippen molar-refractivity contribution >= 4 is 39.1 Å². The van der Waals surface area contributed by atoms with Crippen molar-refractivity contribution in [3.05, 3.63) is 125 Å². The molecule has 4 aromatic rings. The number of carbonyl (C=O) groups is 1. The Bertz CT molecular complexity index is 1170. The van der Waals surface area contributed by atoms with Crippen LogP contribution in [-0.4, -0.2) is 16.3 Å². The minimum absolute atomic E-state index is 0.205. The van der Waals surface area contributed by atoms with Crippen molar-refractivity contribution in [3.8, 4) is 0 Å². The maximum Gasteiger partial charge on any atom is 0.673 e. The third-order valence-corrected chi connectivity index (χ3v) is 14.4. The standard InChI is InChI=1S/C27H23IOP.BF4/c1-22(29)27(28-23-14-6-2-7-15-23)30(24-16-8-3-9-17-24,25-18-10-4-11-19-25)26-20-12-5-13-21-26;2-1(3,4)5/h2-21H,1H3;/q+1;-1. The second-order valence-corrected chi connectivity index (χ2v) is 14.5. The molecule has 0 fully saturated rings. The molecule has 0 spiro atoms. The maximum atomic E-state index is 13.3. The van der Waals surface area contributed by atoms with Crippen molar-refractivity contribution in [3.63, 3.8) is 0 Å². The van der Waals surface area contributed by atoms with Gasteiger partial charge >= 0.3 is 28.5 Å². The van der Waals surface area contributed by atoms with Gasteiger partial charge in [-0.3, -0.25) is 4.79 Å². The van der Waals surface area contributed by atoms with Crippen LogP contribution in [0.1, 0.15) is 6.92 Å². The molecule has 0 bridgehead atoms. The summed E-state index contributed by atoms with van der Waals surface area (Å²) in [6, 6.07) is 42.4. The van der Waals surface area contributed by atoms with Crippen LogP contribution >= 0.6 is 6.89 Å². The second kappa shape index (κ2) is 12.4. The molecular formula is C27H23BF4IOP. The molecule has 0 amide bonds. The van der Waals surface area contributed by atoms with E-state index in [2.05, 4.69) is 97.1 Å². The van der Waals surface area contributed by atoms with Gasteiger partial charge in [0.05, 0.1) is 0 Å². The van der Waals surface area contributed by atoms with Crippen LogP contribution in [0.15, 0.2) is 121 Å². The molecule has 0 saturated carbocycles. The van der Waals surface area contributed by atoms with E-state index in [9.17, 15) is 22.1 Å². The van der Waals surface area contributed by atoms with Gasteiger partial charge < -0.3 is 17.3 Å². The Hall–Kier alpha value is -2.64. The zero-order valence-electron chi connectivity index (χ0n) is 18.9. The fourth-order valence-corrected chi connectivity index (χ4v) is 13.7. The van der Waals surface area contributed by atoms with Crippen LogP contribution in [0.2, 0.25) is 0 Å². The number of hydrogen-bond acceptors (Lipinski definition) is 1. The largest absolute Gasteiger partial charge is 0.673 e. The molecule has 0 saturated heterocycles.